The van der Waals surface area contributed by atoms with Gasteiger partial charge >= 0.3 is 6.18 Å². The number of benzene rings is 2. The van der Waals surface area contributed by atoms with E-state index >= 15 is 0 Å². The number of hydrogen-bond donors (Lipinski definition) is 3. The number of carbonyl (C=O) groups excluding carboxylic acids is 1. The first-order chi connectivity index (χ1) is 18.8. The summed E-state index contributed by atoms with van der Waals surface area (Å²) in [5, 5.41) is 8.57. The van der Waals surface area contributed by atoms with Gasteiger partial charge < -0.3 is 25.2 Å². The monoisotopic (exact) mass is 567 g/mol. The van der Waals surface area contributed by atoms with Crippen molar-refractivity contribution in [1.29, 1.82) is 0 Å². The number of ether oxygens (including phenoxy) is 1. The number of morpholine rings is 1. The number of amides is 1. The van der Waals surface area contributed by atoms with E-state index in [0.717, 1.165) is 24.5 Å². The summed E-state index contributed by atoms with van der Waals surface area (Å²) in [6.07, 6.45) is -5.11. The van der Waals surface area contributed by atoms with E-state index < -0.39 is 42.3 Å². The second-order valence-corrected chi connectivity index (χ2v) is 11.0. The van der Waals surface area contributed by atoms with Crippen LogP contribution in [0.4, 0.5) is 28.9 Å². The van der Waals surface area contributed by atoms with E-state index in [0.29, 0.717) is 26.3 Å². The number of nitrogens with one attached hydrogen (secondary N) is 3. The molecule has 0 spiro atoms. The van der Waals surface area contributed by atoms with Gasteiger partial charge in [0.1, 0.15) is 11.7 Å². The van der Waals surface area contributed by atoms with Crippen molar-refractivity contribution in [2.45, 2.75) is 50.2 Å². The van der Waals surface area contributed by atoms with Crippen LogP contribution in [0.15, 0.2) is 54.6 Å². The largest absolute Gasteiger partial charge is 0.407 e. The van der Waals surface area contributed by atoms with Crippen LogP contribution in [0, 0.1) is 0 Å². The van der Waals surface area contributed by atoms with Gasteiger partial charge in [-0.2, -0.15) is 13.2 Å². The Balaban J connectivity index is 1.71. The molecule has 1 fully saturated rings. The number of nitrogens with zero attached hydrogens (tertiary/aromatic N) is 2. The van der Waals surface area contributed by atoms with Crippen molar-refractivity contribution < 1.29 is 27.1 Å². The Hall–Kier alpha value is -2.89. The molecule has 7 nitrogen and oxygen atoms in total. The third-order valence-electron chi connectivity index (χ3n) is 6.56. The molecule has 1 saturated heterocycles. The quantitative estimate of drug-likeness (QED) is 0.312. The molecule has 2 aromatic carbocycles. The number of rotatable bonds is 13. The molecule has 222 valence electrons. The van der Waals surface area contributed by atoms with Gasteiger partial charge in [-0.15, -0.1) is 0 Å². The highest BCUT2D eigenvalue weighted by Gasteiger charge is 2.43. The zero-order chi connectivity index (χ0) is 29.3. The fraction of sp³-hybridized carbons (Fsp3) is 0.552. The lowest BCUT2D eigenvalue weighted by atomic mass is 9.97. The molecule has 0 aliphatic carbocycles. The molecule has 0 unspecified atom stereocenters. The minimum absolute atomic E-state index is 0.0449. The summed E-state index contributed by atoms with van der Waals surface area (Å²) < 4.78 is 62.2. The van der Waals surface area contributed by atoms with Gasteiger partial charge in [-0.25, -0.2) is 4.39 Å². The molecule has 3 N–H and O–H groups in total. The maximum atomic E-state index is 14.7. The van der Waals surface area contributed by atoms with Crippen LogP contribution in [0.5, 0.6) is 0 Å². The van der Waals surface area contributed by atoms with Gasteiger partial charge in [0, 0.05) is 44.0 Å². The summed E-state index contributed by atoms with van der Waals surface area (Å²) in [7, 11) is 3.68. The van der Waals surface area contributed by atoms with E-state index in [1.54, 1.807) is 6.07 Å². The number of alkyl halides is 4. The Morgan fingerprint density at radius 3 is 2.17 bits per heavy atom. The molecule has 1 aliphatic heterocycles. The van der Waals surface area contributed by atoms with Crippen molar-refractivity contribution in [3.8, 4) is 0 Å². The van der Waals surface area contributed by atoms with Crippen molar-refractivity contribution in [3.63, 3.8) is 0 Å². The topological polar surface area (TPSA) is 68.9 Å². The summed E-state index contributed by atoms with van der Waals surface area (Å²) in [4.78, 5) is 17.5. The van der Waals surface area contributed by atoms with Gasteiger partial charge in [0.05, 0.1) is 25.3 Å². The van der Waals surface area contributed by atoms with Crippen molar-refractivity contribution >= 4 is 17.3 Å². The number of hydrogen-bond acceptors (Lipinski definition) is 6. The average molecular weight is 568 g/mol. The Morgan fingerprint density at radius 2 is 1.62 bits per heavy atom. The van der Waals surface area contributed by atoms with E-state index in [1.165, 1.54) is 38.1 Å². The first kappa shape index (κ1) is 31.6. The summed E-state index contributed by atoms with van der Waals surface area (Å²) >= 11 is 0. The molecule has 1 aliphatic rings. The lowest BCUT2D eigenvalue weighted by molar-refractivity contribution is -0.161. The van der Waals surface area contributed by atoms with E-state index in [1.807, 2.05) is 43.3 Å². The van der Waals surface area contributed by atoms with Crippen molar-refractivity contribution in [2.75, 3.05) is 63.7 Å². The minimum Gasteiger partial charge on any atom is -0.383 e. The predicted octanol–water partition coefficient (Wildman–Crippen LogP) is 4.38. The van der Waals surface area contributed by atoms with E-state index in [-0.39, 0.29) is 5.56 Å². The van der Waals surface area contributed by atoms with Gasteiger partial charge in [0.15, 0.2) is 0 Å². The Morgan fingerprint density at radius 1 is 1.00 bits per heavy atom. The van der Waals surface area contributed by atoms with Gasteiger partial charge in [-0.3, -0.25) is 10.1 Å². The molecule has 0 saturated carbocycles. The summed E-state index contributed by atoms with van der Waals surface area (Å²) in [6, 6.07) is 11.2. The van der Waals surface area contributed by atoms with Crippen LogP contribution < -0.4 is 20.9 Å². The number of likely N-dealkylation sites (N-methyl/N-ethyl adjacent to an activating group) is 1. The van der Waals surface area contributed by atoms with E-state index in [9.17, 15) is 22.4 Å². The fourth-order valence-corrected chi connectivity index (χ4v) is 4.70. The second kappa shape index (κ2) is 14.1. The Kier molecular flexibility index (Phi) is 11.2. The molecule has 1 amide bonds. The zero-order valence-corrected chi connectivity index (χ0v) is 23.6. The van der Waals surface area contributed by atoms with Gasteiger partial charge in [-0.1, -0.05) is 30.3 Å². The highest BCUT2D eigenvalue weighted by Crippen LogP contribution is 2.34. The lowest BCUT2D eigenvalue weighted by Crippen LogP contribution is -2.55. The summed E-state index contributed by atoms with van der Waals surface area (Å²) in [5.41, 5.74) is 0.0130. The van der Waals surface area contributed by atoms with Gasteiger partial charge in [-0.05, 0) is 57.8 Å². The Bertz CT molecular complexity index is 1040. The maximum absolute atomic E-state index is 14.7. The molecular formula is C29H41F4N5O2. The summed E-state index contributed by atoms with van der Waals surface area (Å²) in [5.74, 6) is -0.688. The molecular weight excluding hydrogens is 526 g/mol. The Labute approximate surface area is 234 Å². The smallest absolute Gasteiger partial charge is 0.383 e. The standard InChI is InChI=1S/C29H41F4N5O2/c1-28(2,30)18-25(36-26(29(31,32)33)21-8-6-5-7-9-21)27(39)35-23(20-37(3)4)19-34-22-10-12-24(13-11-22)38-14-16-40-17-15-38/h5-13,23,25-26,34,36H,14-20H2,1-4H3,(H,35,39)/t23-,25+,26+/m1/s1. The van der Waals surface area contributed by atoms with Crippen LogP contribution in [-0.4, -0.2) is 88.2 Å². The molecule has 1 heterocycles. The van der Waals surface area contributed by atoms with Gasteiger partial charge in [0.25, 0.3) is 0 Å². The lowest BCUT2D eigenvalue weighted by Gasteiger charge is -2.31. The third kappa shape index (κ3) is 10.3. The number of anilines is 2. The highest BCUT2D eigenvalue weighted by molar-refractivity contribution is 5.82. The van der Waals surface area contributed by atoms with Crippen LogP contribution >= 0.6 is 0 Å². The van der Waals surface area contributed by atoms with Crippen LogP contribution in [0.3, 0.4) is 0 Å². The third-order valence-corrected chi connectivity index (χ3v) is 6.56. The fourth-order valence-electron chi connectivity index (χ4n) is 4.70. The normalized spacial score (nSPS) is 16.9. The van der Waals surface area contributed by atoms with Crippen LogP contribution in [0.2, 0.25) is 0 Å². The zero-order valence-electron chi connectivity index (χ0n) is 23.6. The van der Waals surface area contributed by atoms with E-state index in [4.69, 9.17) is 4.74 Å². The average Bonchev–Trinajstić information content (AvgIpc) is 2.89. The minimum atomic E-state index is -4.68. The van der Waals surface area contributed by atoms with Crippen molar-refractivity contribution in [3.05, 3.63) is 60.2 Å². The van der Waals surface area contributed by atoms with Crippen LogP contribution in [0.25, 0.3) is 0 Å². The molecule has 0 bridgehead atoms. The molecule has 11 heteroatoms. The van der Waals surface area contributed by atoms with E-state index in [2.05, 4.69) is 20.9 Å². The highest BCUT2D eigenvalue weighted by atomic mass is 19.4. The van der Waals surface area contributed by atoms with Crippen molar-refractivity contribution in [1.82, 2.24) is 15.5 Å². The van der Waals surface area contributed by atoms with Gasteiger partial charge in [0.2, 0.25) is 5.91 Å². The predicted molar refractivity (Wildman–Crippen MR) is 150 cm³/mol. The molecule has 2 aromatic rings. The molecule has 0 radical (unpaired) electrons. The first-order valence-electron chi connectivity index (χ1n) is 13.5. The molecule has 40 heavy (non-hydrogen) atoms. The SMILES string of the molecule is CN(C)C[C@@H](CNc1ccc(N2CCOCC2)cc1)NC(=O)[C@H](CC(C)(C)F)N[C@@H](c1ccccc1)C(F)(F)F. The van der Waals surface area contributed by atoms with Crippen LogP contribution in [-0.2, 0) is 9.53 Å². The van der Waals surface area contributed by atoms with Crippen molar-refractivity contribution in [2.24, 2.45) is 0 Å². The maximum Gasteiger partial charge on any atom is 0.407 e. The first-order valence-corrected chi connectivity index (χ1v) is 13.5. The van der Waals surface area contributed by atoms with Crippen LogP contribution in [0.1, 0.15) is 31.9 Å². The molecule has 3 atom stereocenters. The molecule has 0 aromatic heterocycles. The summed E-state index contributed by atoms with van der Waals surface area (Å²) in [6.45, 7) is 6.29. The molecule has 3 rings (SSSR count). The number of halogens is 4. The second-order valence-electron chi connectivity index (χ2n) is 11.0. The number of carbonyl (C=O) groups is 1.